The molecule has 2 heterocycles. The molecule has 0 spiro atoms. The van der Waals surface area contributed by atoms with Crippen molar-refractivity contribution in [1.82, 2.24) is 14.8 Å². The number of anilines is 1. The molecule has 4 rings (SSSR count). The average Bonchev–Trinajstić information content (AvgIpc) is 3.08. The molecule has 1 aromatic carbocycles. The summed E-state index contributed by atoms with van der Waals surface area (Å²) in [6.07, 6.45) is 11.1. The minimum atomic E-state index is 0.823. The van der Waals surface area contributed by atoms with Gasteiger partial charge in [-0.15, -0.1) is 0 Å². The minimum Gasteiger partial charge on any atom is -0.354 e. The molecule has 0 atom stereocenters. The van der Waals surface area contributed by atoms with Crippen molar-refractivity contribution in [2.75, 3.05) is 5.32 Å². The Morgan fingerprint density at radius 2 is 2.12 bits per heavy atom. The quantitative estimate of drug-likeness (QED) is 0.731. The number of hydrogen-bond donors (Lipinski definition) is 1. The summed E-state index contributed by atoms with van der Waals surface area (Å²) in [6, 6.07) is 10.5. The van der Waals surface area contributed by atoms with Crippen LogP contribution in [0.4, 0.5) is 5.69 Å². The highest BCUT2D eigenvalue weighted by Crippen LogP contribution is 2.29. The van der Waals surface area contributed by atoms with E-state index in [-0.39, 0.29) is 0 Å². The average molecular weight is 330 g/mol. The first kappa shape index (κ1) is 15.6. The zero-order chi connectivity index (χ0) is 17.2. The van der Waals surface area contributed by atoms with E-state index in [1.54, 1.807) is 10.9 Å². The number of allylic oxidation sites excluding steroid dienone is 2. The third-order valence-corrected chi connectivity index (χ3v) is 4.77. The number of aromatic nitrogens is 3. The Balaban J connectivity index is 1.59. The van der Waals surface area contributed by atoms with Gasteiger partial charge in [-0.05, 0) is 61.1 Å². The van der Waals surface area contributed by atoms with Gasteiger partial charge in [0.2, 0.25) is 0 Å². The first-order valence-electron chi connectivity index (χ1n) is 8.74. The minimum absolute atomic E-state index is 0.823. The van der Waals surface area contributed by atoms with Gasteiger partial charge in [0.25, 0.3) is 0 Å². The van der Waals surface area contributed by atoms with Crippen molar-refractivity contribution in [3.8, 4) is 0 Å². The number of rotatable bonds is 4. The third kappa shape index (κ3) is 3.20. The predicted octanol–water partition coefficient (Wildman–Crippen LogP) is 5.01. The van der Waals surface area contributed by atoms with Crippen LogP contribution in [-0.4, -0.2) is 14.8 Å². The van der Waals surface area contributed by atoms with Gasteiger partial charge in [0.1, 0.15) is 0 Å². The Morgan fingerprint density at radius 1 is 1.20 bits per heavy atom. The monoisotopic (exact) mass is 330 g/mol. The number of nitrogens with zero attached hydrogens (tertiary/aromatic N) is 3. The molecular formula is C21H22N4. The molecule has 0 fully saturated rings. The molecule has 3 aromatic rings. The lowest BCUT2D eigenvalue weighted by atomic mass is 9.94. The summed E-state index contributed by atoms with van der Waals surface area (Å²) in [5.74, 6) is 0. The van der Waals surface area contributed by atoms with Crippen LogP contribution in [0.1, 0.15) is 36.9 Å². The normalized spacial score (nSPS) is 14.4. The summed E-state index contributed by atoms with van der Waals surface area (Å²) in [7, 11) is 1.91. The van der Waals surface area contributed by atoms with Crippen LogP contribution in [0.2, 0.25) is 0 Å². The maximum atomic E-state index is 4.68. The summed E-state index contributed by atoms with van der Waals surface area (Å²) in [5, 5.41) is 8.70. The van der Waals surface area contributed by atoms with Gasteiger partial charge in [-0.25, -0.2) is 0 Å². The van der Waals surface area contributed by atoms with Gasteiger partial charge in [0.05, 0.1) is 16.9 Å². The van der Waals surface area contributed by atoms with E-state index in [0.717, 1.165) is 29.0 Å². The Morgan fingerprint density at radius 3 is 2.88 bits per heavy atom. The van der Waals surface area contributed by atoms with Gasteiger partial charge in [-0.2, -0.15) is 5.10 Å². The van der Waals surface area contributed by atoms with Gasteiger partial charge in [-0.1, -0.05) is 18.7 Å². The van der Waals surface area contributed by atoms with E-state index in [0.29, 0.717) is 0 Å². The molecule has 0 unspecified atom stereocenters. The van der Waals surface area contributed by atoms with Crippen LogP contribution < -0.4 is 5.32 Å². The van der Waals surface area contributed by atoms with Crippen molar-refractivity contribution in [2.24, 2.45) is 7.05 Å². The van der Waals surface area contributed by atoms with E-state index in [9.17, 15) is 0 Å². The van der Waals surface area contributed by atoms with Crippen LogP contribution in [0.3, 0.4) is 0 Å². The molecule has 4 nitrogen and oxygen atoms in total. The molecule has 0 saturated heterocycles. The third-order valence-electron chi connectivity index (χ3n) is 4.77. The van der Waals surface area contributed by atoms with E-state index in [4.69, 9.17) is 0 Å². The van der Waals surface area contributed by atoms with Crippen molar-refractivity contribution in [3.63, 3.8) is 0 Å². The highest BCUT2D eigenvalue weighted by molar-refractivity contribution is 5.87. The van der Waals surface area contributed by atoms with Crippen LogP contribution in [-0.2, 0) is 7.05 Å². The SMILES string of the molecule is C=C(Nc1ccc2cc(C3=CCCCC3)cnc2c1)c1ccnn1C. The summed E-state index contributed by atoms with van der Waals surface area (Å²) in [4.78, 5) is 4.68. The standard InChI is InChI=1S/C21H22N4/c1-15(21-10-11-23-25(21)2)24-19-9-8-17-12-18(14-22-20(17)13-19)16-6-4-3-5-7-16/h6,8-14,24H,1,3-5,7H2,2H3. The highest BCUT2D eigenvalue weighted by Gasteiger charge is 2.09. The van der Waals surface area contributed by atoms with E-state index in [1.165, 1.54) is 35.8 Å². The van der Waals surface area contributed by atoms with E-state index >= 15 is 0 Å². The fraction of sp³-hybridized carbons (Fsp3) is 0.238. The van der Waals surface area contributed by atoms with E-state index in [1.807, 2.05) is 19.3 Å². The predicted molar refractivity (Wildman–Crippen MR) is 104 cm³/mol. The summed E-state index contributed by atoms with van der Waals surface area (Å²) in [5.41, 5.74) is 6.45. The molecule has 1 N–H and O–H groups in total. The van der Waals surface area contributed by atoms with Crippen LogP contribution in [0.15, 0.2) is 55.4 Å². The van der Waals surface area contributed by atoms with Crippen LogP contribution >= 0.6 is 0 Å². The molecule has 0 radical (unpaired) electrons. The Kier molecular flexibility index (Phi) is 4.10. The Labute approximate surface area is 147 Å². The number of fused-ring (bicyclic) bond motifs is 1. The second kappa shape index (κ2) is 6.55. The van der Waals surface area contributed by atoms with E-state index in [2.05, 4.69) is 52.3 Å². The van der Waals surface area contributed by atoms with Crippen LogP contribution in [0, 0.1) is 0 Å². The zero-order valence-electron chi connectivity index (χ0n) is 14.5. The van der Waals surface area contributed by atoms with Crippen molar-refractivity contribution in [2.45, 2.75) is 25.7 Å². The van der Waals surface area contributed by atoms with Gasteiger partial charge in [0.15, 0.2) is 0 Å². The molecule has 0 aliphatic heterocycles. The lowest BCUT2D eigenvalue weighted by Gasteiger charge is -2.14. The van der Waals surface area contributed by atoms with Gasteiger partial charge in [-0.3, -0.25) is 9.67 Å². The van der Waals surface area contributed by atoms with Crippen LogP contribution in [0.25, 0.3) is 22.2 Å². The van der Waals surface area contributed by atoms with E-state index < -0.39 is 0 Å². The topological polar surface area (TPSA) is 42.7 Å². The Bertz CT molecular complexity index is 965. The summed E-state index contributed by atoms with van der Waals surface area (Å²) >= 11 is 0. The smallest absolute Gasteiger partial charge is 0.0835 e. The second-order valence-corrected chi connectivity index (χ2v) is 6.55. The molecule has 1 aliphatic carbocycles. The first-order chi connectivity index (χ1) is 12.2. The van der Waals surface area contributed by atoms with Crippen molar-refractivity contribution in [3.05, 3.63) is 66.6 Å². The fourth-order valence-corrected chi connectivity index (χ4v) is 3.38. The Hall–Kier alpha value is -2.88. The maximum Gasteiger partial charge on any atom is 0.0835 e. The van der Waals surface area contributed by atoms with Crippen LogP contribution in [0.5, 0.6) is 0 Å². The molecule has 0 amide bonds. The lowest BCUT2D eigenvalue weighted by Crippen LogP contribution is -2.03. The van der Waals surface area contributed by atoms with Gasteiger partial charge in [0, 0.05) is 30.5 Å². The lowest BCUT2D eigenvalue weighted by molar-refractivity contribution is 0.742. The first-order valence-corrected chi connectivity index (χ1v) is 8.74. The number of pyridine rings is 1. The molecule has 0 bridgehead atoms. The van der Waals surface area contributed by atoms with Gasteiger partial charge < -0.3 is 5.32 Å². The maximum absolute atomic E-state index is 4.68. The molecule has 126 valence electrons. The van der Waals surface area contributed by atoms with Gasteiger partial charge >= 0.3 is 0 Å². The number of aryl methyl sites for hydroxylation is 1. The largest absolute Gasteiger partial charge is 0.354 e. The molecular weight excluding hydrogens is 308 g/mol. The van der Waals surface area contributed by atoms with Crippen molar-refractivity contribution in [1.29, 1.82) is 0 Å². The highest BCUT2D eigenvalue weighted by atomic mass is 15.3. The number of benzene rings is 1. The summed E-state index contributed by atoms with van der Waals surface area (Å²) in [6.45, 7) is 4.11. The molecule has 0 saturated carbocycles. The zero-order valence-corrected chi connectivity index (χ0v) is 14.5. The number of nitrogens with one attached hydrogen (secondary N) is 1. The second-order valence-electron chi connectivity index (χ2n) is 6.55. The molecule has 1 aliphatic rings. The molecule has 25 heavy (non-hydrogen) atoms. The fourth-order valence-electron chi connectivity index (χ4n) is 3.38. The van der Waals surface area contributed by atoms with Crippen molar-refractivity contribution < 1.29 is 0 Å². The summed E-state index contributed by atoms with van der Waals surface area (Å²) < 4.78 is 1.80. The molecule has 2 aromatic heterocycles. The number of hydrogen-bond acceptors (Lipinski definition) is 3. The molecule has 4 heteroatoms. The van der Waals surface area contributed by atoms with Crippen molar-refractivity contribution >= 4 is 27.9 Å².